The number of hydrogen-bond donors (Lipinski definition) is 1. The number of sulfonamides is 1. The standard InChI is InChI=1S/C32H39ClN4O4S.ClH/c33-28-9-11-29(12-10-28)34-32(38)37(30-5-2-1-3-6-30)18-4-17-35-19-15-27(16-20-35)25-26-7-13-31(14-8-26)42(39,40)36-21-23-41-24-22-36;/h1-3,5-14,27H,4,15-25H2,(H,34,38);1H. The second kappa shape index (κ2) is 15.9. The molecule has 0 radical (unpaired) electrons. The normalized spacial score (nSPS) is 16.8. The highest BCUT2D eigenvalue weighted by molar-refractivity contribution is 7.89. The zero-order chi connectivity index (χ0) is 29.4. The Balaban J connectivity index is 0.00000423. The number of benzene rings is 3. The summed E-state index contributed by atoms with van der Waals surface area (Å²) >= 11 is 5.99. The molecule has 3 aromatic carbocycles. The topological polar surface area (TPSA) is 82.2 Å². The summed E-state index contributed by atoms with van der Waals surface area (Å²) in [5.41, 5.74) is 2.76. The van der Waals surface area contributed by atoms with E-state index in [1.807, 2.05) is 42.5 Å². The van der Waals surface area contributed by atoms with Crippen molar-refractivity contribution in [2.45, 2.75) is 30.6 Å². The summed E-state index contributed by atoms with van der Waals surface area (Å²) in [5.74, 6) is 0.578. The minimum Gasteiger partial charge on any atom is -0.379 e. The Morgan fingerprint density at radius 2 is 1.56 bits per heavy atom. The van der Waals surface area contributed by atoms with E-state index < -0.39 is 10.0 Å². The molecule has 2 fully saturated rings. The first-order valence-electron chi connectivity index (χ1n) is 14.7. The Morgan fingerprint density at radius 1 is 0.907 bits per heavy atom. The summed E-state index contributed by atoms with van der Waals surface area (Å²) in [6, 6.07) is 24.1. The molecule has 2 amide bonds. The number of rotatable bonds is 10. The lowest BCUT2D eigenvalue weighted by molar-refractivity contribution is 0.0730. The van der Waals surface area contributed by atoms with E-state index in [9.17, 15) is 13.2 Å². The number of anilines is 2. The van der Waals surface area contributed by atoms with Crippen LogP contribution in [0.3, 0.4) is 0 Å². The van der Waals surface area contributed by atoms with Gasteiger partial charge in [0.15, 0.2) is 0 Å². The van der Waals surface area contributed by atoms with Crippen molar-refractivity contribution in [1.29, 1.82) is 0 Å². The first kappa shape index (κ1) is 33.2. The van der Waals surface area contributed by atoms with Crippen LogP contribution in [0.5, 0.6) is 0 Å². The van der Waals surface area contributed by atoms with Crippen molar-refractivity contribution in [2.75, 3.05) is 62.7 Å². The van der Waals surface area contributed by atoms with Crippen LogP contribution in [0.2, 0.25) is 5.02 Å². The number of carbonyl (C=O) groups excluding carboxylic acids is 1. The van der Waals surface area contributed by atoms with Gasteiger partial charge in [-0.2, -0.15) is 4.31 Å². The number of nitrogens with zero attached hydrogens (tertiary/aromatic N) is 3. The molecule has 5 rings (SSSR count). The molecule has 0 atom stereocenters. The Kier molecular flexibility index (Phi) is 12.3. The lowest BCUT2D eigenvalue weighted by Gasteiger charge is -2.32. The summed E-state index contributed by atoms with van der Waals surface area (Å²) in [7, 11) is -3.46. The summed E-state index contributed by atoms with van der Waals surface area (Å²) in [4.78, 5) is 17.8. The highest BCUT2D eigenvalue weighted by Gasteiger charge is 2.26. The minimum absolute atomic E-state index is 0. The first-order valence-corrected chi connectivity index (χ1v) is 16.5. The van der Waals surface area contributed by atoms with E-state index in [0.29, 0.717) is 54.4 Å². The van der Waals surface area contributed by atoms with Gasteiger partial charge in [0.2, 0.25) is 10.0 Å². The summed E-state index contributed by atoms with van der Waals surface area (Å²) < 4.78 is 32.6. The molecular formula is C32H40Cl2N4O4S. The smallest absolute Gasteiger partial charge is 0.326 e. The van der Waals surface area contributed by atoms with E-state index in [0.717, 1.165) is 51.0 Å². The molecule has 11 heteroatoms. The highest BCUT2D eigenvalue weighted by Crippen LogP contribution is 2.24. The average molecular weight is 648 g/mol. The fourth-order valence-electron chi connectivity index (χ4n) is 5.61. The summed E-state index contributed by atoms with van der Waals surface area (Å²) in [5, 5.41) is 3.62. The van der Waals surface area contributed by atoms with Crippen LogP contribution in [0.4, 0.5) is 16.2 Å². The number of ether oxygens (including phenoxy) is 1. The van der Waals surface area contributed by atoms with Gasteiger partial charge in [-0.15, -0.1) is 12.4 Å². The van der Waals surface area contributed by atoms with Gasteiger partial charge in [-0.05, 0) is 105 Å². The Labute approximate surface area is 266 Å². The van der Waals surface area contributed by atoms with Gasteiger partial charge in [0.25, 0.3) is 0 Å². The van der Waals surface area contributed by atoms with Crippen molar-refractivity contribution >= 4 is 51.4 Å². The largest absolute Gasteiger partial charge is 0.379 e. The molecule has 0 aliphatic carbocycles. The third-order valence-corrected chi connectivity index (χ3v) is 10.2. The lowest BCUT2D eigenvalue weighted by Crippen LogP contribution is -2.40. The first-order chi connectivity index (χ1) is 20.4. The molecule has 0 aromatic heterocycles. The van der Waals surface area contributed by atoms with Crippen molar-refractivity contribution in [3.05, 3.63) is 89.4 Å². The maximum Gasteiger partial charge on any atom is 0.326 e. The molecule has 2 aliphatic rings. The maximum atomic E-state index is 13.2. The number of hydrogen-bond acceptors (Lipinski definition) is 5. The summed E-state index contributed by atoms with van der Waals surface area (Å²) in [6.07, 6.45) is 4.03. The predicted octanol–water partition coefficient (Wildman–Crippen LogP) is 6.17. The maximum absolute atomic E-state index is 13.2. The minimum atomic E-state index is -3.46. The molecule has 0 spiro atoms. The zero-order valence-electron chi connectivity index (χ0n) is 24.2. The number of nitrogens with one attached hydrogen (secondary N) is 1. The Bertz CT molecular complexity index is 1400. The quantitative estimate of drug-likeness (QED) is 0.285. The molecule has 0 saturated carbocycles. The van der Waals surface area contributed by atoms with Gasteiger partial charge in [-0.25, -0.2) is 13.2 Å². The van der Waals surface area contributed by atoms with Gasteiger partial charge in [-0.3, -0.25) is 4.90 Å². The molecule has 2 heterocycles. The van der Waals surface area contributed by atoms with Crippen LogP contribution in [0.25, 0.3) is 0 Å². The number of likely N-dealkylation sites (tertiary alicyclic amines) is 1. The second-order valence-electron chi connectivity index (χ2n) is 10.9. The number of carbonyl (C=O) groups is 1. The summed E-state index contributed by atoms with van der Waals surface area (Å²) in [6.45, 7) is 5.30. The van der Waals surface area contributed by atoms with Crippen molar-refractivity contribution < 1.29 is 17.9 Å². The van der Waals surface area contributed by atoms with Gasteiger partial charge in [0.05, 0.1) is 18.1 Å². The van der Waals surface area contributed by atoms with Crippen molar-refractivity contribution in [2.24, 2.45) is 5.92 Å². The third-order valence-electron chi connectivity index (χ3n) is 8.03. The number of morpholine rings is 1. The van der Waals surface area contributed by atoms with Crippen LogP contribution >= 0.6 is 24.0 Å². The van der Waals surface area contributed by atoms with Gasteiger partial charge in [0, 0.05) is 36.0 Å². The SMILES string of the molecule is Cl.O=C(Nc1ccc(Cl)cc1)N(CCCN1CCC(Cc2ccc(S(=O)(=O)N3CCOCC3)cc2)CC1)c1ccccc1. The predicted molar refractivity (Wildman–Crippen MR) is 175 cm³/mol. The fourth-order valence-corrected chi connectivity index (χ4v) is 7.15. The molecular weight excluding hydrogens is 607 g/mol. The van der Waals surface area contributed by atoms with Gasteiger partial charge in [0.1, 0.15) is 0 Å². The third kappa shape index (κ3) is 9.17. The highest BCUT2D eigenvalue weighted by atomic mass is 35.5. The van der Waals surface area contributed by atoms with E-state index in [2.05, 4.69) is 10.2 Å². The van der Waals surface area contributed by atoms with Crippen LogP contribution in [-0.2, 0) is 21.2 Å². The van der Waals surface area contributed by atoms with Gasteiger partial charge in [-0.1, -0.05) is 41.9 Å². The molecule has 2 aliphatic heterocycles. The number of para-hydroxylation sites is 1. The fraction of sp³-hybridized carbons (Fsp3) is 0.406. The van der Waals surface area contributed by atoms with E-state index in [-0.39, 0.29) is 18.4 Å². The Hall–Kier alpha value is -2.66. The molecule has 232 valence electrons. The molecule has 2 saturated heterocycles. The lowest BCUT2D eigenvalue weighted by atomic mass is 9.90. The van der Waals surface area contributed by atoms with E-state index >= 15 is 0 Å². The number of urea groups is 1. The average Bonchev–Trinajstić information content (AvgIpc) is 3.02. The zero-order valence-corrected chi connectivity index (χ0v) is 26.6. The molecule has 0 unspecified atom stereocenters. The van der Waals surface area contributed by atoms with E-state index in [1.54, 1.807) is 41.3 Å². The van der Waals surface area contributed by atoms with E-state index in [1.165, 1.54) is 9.87 Å². The van der Waals surface area contributed by atoms with Crippen LogP contribution in [0, 0.1) is 5.92 Å². The Morgan fingerprint density at radius 3 is 2.21 bits per heavy atom. The molecule has 8 nitrogen and oxygen atoms in total. The van der Waals surface area contributed by atoms with Crippen LogP contribution in [-0.4, -0.2) is 76.1 Å². The van der Waals surface area contributed by atoms with Crippen LogP contribution in [0.1, 0.15) is 24.8 Å². The molecule has 0 bridgehead atoms. The number of piperidine rings is 1. The van der Waals surface area contributed by atoms with Crippen LogP contribution < -0.4 is 10.2 Å². The molecule has 1 N–H and O–H groups in total. The number of amides is 2. The van der Waals surface area contributed by atoms with Crippen molar-refractivity contribution in [3.8, 4) is 0 Å². The molecule has 3 aromatic rings. The molecule has 43 heavy (non-hydrogen) atoms. The number of halogens is 2. The van der Waals surface area contributed by atoms with E-state index in [4.69, 9.17) is 16.3 Å². The van der Waals surface area contributed by atoms with Gasteiger partial charge >= 0.3 is 6.03 Å². The monoisotopic (exact) mass is 646 g/mol. The second-order valence-corrected chi connectivity index (χ2v) is 13.3. The van der Waals surface area contributed by atoms with Crippen molar-refractivity contribution in [1.82, 2.24) is 9.21 Å². The van der Waals surface area contributed by atoms with Crippen LogP contribution in [0.15, 0.2) is 83.8 Å². The van der Waals surface area contributed by atoms with Crippen molar-refractivity contribution in [3.63, 3.8) is 0 Å². The van der Waals surface area contributed by atoms with Gasteiger partial charge < -0.3 is 15.0 Å².